The molecule has 0 amide bonds. The summed E-state index contributed by atoms with van der Waals surface area (Å²) < 4.78 is 34.6. The molecule has 0 atom stereocenters. The van der Waals surface area contributed by atoms with E-state index in [4.69, 9.17) is 4.74 Å². The highest BCUT2D eigenvalue weighted by Crippen LogP contribution is 2.25. The molecule has 2 rings (SSSR count). The smallest absolute Gasteiger partial charge is 0.134 e. The Labute approximate surface area is 160 Å². The summed E-state index contributed by atoms with van der Waals surface area (Å²) in [5.41, 5.74) is 2.19. The van der Waals surface area contributed by atoms with Crippen LogP contribution in [0.3, 0.4) is 0 Å². The molecule has 0 unspecified atom stereocenters. The fourth-order valence-electron chi connectivity index (χ4n) is 2.29. The summed E-state index contributed by atoms with van der Waals surface area (Å²) in [5.74, 6) is -0.744. The zero-order valence-electron chi connectivity index (χ0n) is 16.3. The molecule has 0 fully saturated rings. The monoisotopic (exact) mass is 372 g/mol. The second-order valence-electron chi connectivity index (χ2n) is 6.32. The van der Waals surface area contributed by atoms with Crippen LogP contribution in [0.2, 0.25) is 0 Å². The van der Waals surface area contributed by atoms with Gasteiger partial charge in [-0.1, -0.05) is 37.6 Å². The lowest BCUT2D eigenvalue weighted by atomic mass is 10.1. The number of rotatable bonds is 8. The number of benzene rings is 2. The molecular formula is C22H26F2N2O. The summed E-state index contributed by atoms with van der Waals surface area (Å²) >= 11 is 0. The average molecular weight is 372 g/mol. The fraction of sp³-hybridized carbons (Fsp3) is 0.318. The minimum Gasteiger partial charge on any atom is -0.489 e. The molecule has 0 spiro atoms. The van der Waals surface area contributed by atoms with Gasteiger partial charge in [0.2, 0.25) is 0 Å². The first kappa shape index (κ1) is 20.6. The summed E-state index contributed by atoms with van der Waals surface area (Å²) in [6.45, 7) is 7.63. The first-order valence-corrected chi connectivity index (χ1v) is 9.12. The molecule has 0 aliphatic carbocycles. The molecule has 0 bridgehead atoms. The van der Waals surface area contributed by atoms with E-state index in [1.165, 1.54) is 17.1 Å². The molecule has 2 aromatic carbocycles. The van der Waals surface area contributed by atoms with Gasteiger partial charge in [-0.25, -0.2) is 13.8 Å². The van der Waals surface area contributed by atoms with Crippen LogP contribution < -0.4 is 9.75 Å². The van der Waals surface area contributed by atoms with Crippen LogP contribution in [0.1, 0.15) is 44.7 Å². The Morgan fingerprint density at radius 2 is 1.74 bits per heavy atom. The summed E-state index contributed by atoms with van der Waals surface area (Å²) in [6.07, 6.45) is 5.15. The van der Waals surface area contributed by atoms with Crippen LogP contribution in [0.5, 0.6) is 5.75 Å². The minimum atomic E-state index is -0.656. The van der Waals surface area contributed by atoms with Crippen LogP contribution in [0.25, 0.3) is 0 Å². The van der Waals surface area contributed by atoms with E-state index in [-0.39, 0.29) is 12.2 Å². The number of hydrogen-bond donors (Lipinski definition) is 0. The van der Waals surface area contributed by atoms with Crippen LogP contribution in [0, 0.1) is 18.6 Å². The van der Waals surface area contributed by atoms with E-state index in [1.54, 1.807) is 18.3 Å². The first-order valence-electron chi connectivity index (χ1n) is 9.12. The number of nitrogens with zero attached hydrogens (tertiary/aromatic N) is 2. The zero-order chi connectivity index (χ0) is 19.8. The lowest BCUT2D eigenvalue weighted by Crippen LogP contribution is -2.12. The van der Waals surface area contributed by atoms with Crippen molar-refractivity contribution in [3.05, 3.63) is 71.4 Å². The maximum atomic E-state index is 14.6. The van der Waals surface area contributed by atoms with Gasteiger partial charge in [0.1, 0.15) is 24.0 Å². The number of allylic oxidation sites excluding steroid dienone is 1. The summed E-state index contributed by atoms with van der Waals surface area (Å²) in [4.78, 5) is 0. The van der Waals surface area contributed by atoms with Crippen LogP contribution in [-0.4, -0.2) is 5.71 Å². The van der Waals surface area contributed by atoms with Gasteiger partial charge in [0.05, 0.1) is 11.3 Å². The maximum absolute atomic E-state index is 14.6. The van der Waals surface area contributed by atoms with E-state index in [9.17, 15) is 8.78 Å². The maximum Gasteiger partial charge on any atom is 0.134 e. The third-order valence-corrected chi connectivity index (χ3v) is 4.07. The Morgan fingerprint density at radius 1 is 1.11 bits per heavy atom. The molecule has 144 valence electrons. The third-order valence-electron chi connectivity index (χ3n) is 4.07. The highest BCUT2D eigenvalue weighted by atomic mass is 19.1. The van der Waals surface area contributed by atoms with Crippen LogP contribution >= 0.6 is 0 Å². The van der Waals surface area contributed by atoms with Crippen molar-refractivity contribution in [3.8, 4) is 5.75 Å². The Morgan fingerprint density at radius 3 is 2.30 bits per heavy atom. The van der Waals surface area contributed by atoms with Gasteiger partial charge in [-0.2, -0.15) is 5.10 Å². The van der Waals surface area contributed by atoms with Crippen LogP contribution in [-0.2, 0) is 6.61 Å². The number of hydrazone groups is 1. The van der Waals surface area contributed by atoms with E-state index in [0.29, 0.717) is 11.4 Å². The highest BCUT2D eigenvalue weighted by molar-refractivity contribution is 5.82. The van der Waals surface area contributed by atoms with Crippen molar-refractivity contribution in [3.63, 3.8) is 0 Å². The fourth-order valence-corrected chi connectivity index (χ4v) is 2.29. The Hall–Kier alpha value is -2.69. The zero-order valence-corrected chi connectivity index (χ0v) is 16.3. The number of anilines is 1. The molecule has 5 heteroatoms. The number of ether oxygens (including phenoxy) is 1. The Kier molecular flexibility index (Phi) is 7.53. The molecule has 3 nitrogen and oxygen atoms in total. The molecule has 2 aromatic rings. The van der Waals surface area contributed by atoms with Gasteiger partial charge in [0, 0.05) is 24.0 Å². The minimum absolute atomic E-state index is 0.102. The normalized spacial score (nSPS) is 11.9. The van der Waals surface area contributed by atoms with Crippen molar-refractivity contribution in [1.82, 2.24) is 0 Å². The van der Waals surface area contributed by atoms with Crippen molar-refractivity contribution in [1.29, 1.82) is 0 Å². The van der Waals surface area contributed by atoms with E-state index in [2.05, 4.69) is 5.10 Å². The summed E-state index contributed by atoms with van der Waals surface area (Å²) in [6, 6.07) is 9.89. The molecule has 0 aliphatic rings. The lowest BCUT2D eigenvalue weighted by Gasteiger charge is -2.17. The van der Waals surface area contributed by atoms with Crippen molar-refractivity contribution in [2.24, 2.45) is 5.10 Å². The van der Waals surface area contributed by atoms with Gasteiger partial charge in [-0.3, -0.25) is 0 Å². The summed E-state index contributed by atoms with van der Waals surface area (Å²) in [7, 11) is 0. The molecule has 0 heterocycles. The average Bonchev–Trinajstić information content (AvgIpc) is 2.65. The molecular weight excluding hydrogens is 346 g/mol. The van der Waals surface area contributed by atoms with Crippen molar-refractivity contribution in [2.75, 3.05) is 5.01 Å². The van der Waals surface area contributed by atoms with Crippen molar-refractivity contribution in [2.45, 2.75) is 47.1 Å². The highest BCUT2D eigenvalue weighted by Gasteiger charge is 2.15. The van der Waals surface area contributed by atoms with Crippen LogP contribution in [0.15, 0.2) is 53.8 Å². The number of aryl methyl sites for hydroxylation is 1. The van der Waals surface area contributed by atoms with Gasteiger partial charge in [-0.05, 0) is 38.8 Å². The van der Waals surface area contributed by atoms with Gasteiger partial charge >= 0.3 is 0 Å². The predicted molar refractivity (Wildman–Crippen MR) is 107 cm³/mol. The SMILES string of the molecule is CC/C=C\N(/N=C(\C)CC)c1cc(F)c(COc2ccc(C)cc2)c(F)c1. The van der Waals surface area contributed by atoms with Gasteiger partial charge < -0.3 is 4.74 Å². The molecule has 0 saturated heterocycles. The quantitative estimate of drug-likeness (QED) is 0.397. The molecule has 0 N–H and O–H groups in total. The third kappa shape index (κ3) is 5.91. The molecule has 27 heavy (non-hydrogen) atoms. The van der Waals surface area contributed by atoms with Gasteiger partial charge in [0.15, 0.2) is 0 Å². The van der Waals surface area contributed by atoms with Crippen molar-refractivity contribution >= 4 is 11.4 Å². The first-order chi connectivity index (χ1) is 12.9. The van der Waals surface area contributed by atoms with E-state index < -0.39 is 11.6 Å². The molecule has 0 saturated carbocycles. The largest absolute Gasteiger partial charge is 0.489 e. The molecule has 0 radical (unpaired) electrons. The second kappa shape index (κ2) is 9.86. The number of hydrogen-bond acceptors (Lipinski definition) is 3. The second-order valence-corrected chi connectivity index (χ2v) is 6.32. The summed E-state index contributed by atoms with van der Waals surface area (Å²) in [5, 5.41) is 5.91. The van der Waals surface area contributed by atoms with Crippen LogP contribution in [0.4, 0.5) is 14.5 Å². The number of halogens is 2. The molecule has 0 aromatic heterocycles. The topological polar surface area (TPSA) is 24.8 Å². The van der Waals surface area contributed by atoms with Crippen molar-refractivity contribution < 1.29 is 13.5 Å². The molecule has 0 aliphatic heterocycles. The Bertz CT molecular complexity index is 791. The van der Waals surface area contributed by atoms with Gasteiger partial charge in [-0.15, -0.1) is 0 Å². The lowest BCUT2D eigenvalue weighted by molar-refractivity contribution is 0.292. The van der Waals surface area contributed by atoms with Gasteiger partial charge in [0.25, 0.3) is 0 Å². The van der Waals surface area contributed by atoms with E-state index >= 15 is 0 Å². The van der Waals surface area contributed by atoms with E-state index in [1.807, 2.05) is 45.9 Å². The predicted octanol–water partition coefficient (Wildman–Crippen LogP) is 6.37. The Balaban J connectivity index is 2.25. The van der Waals surface area contributed by atoms with E-state index in [0.717, 1.165) is 24.1 Å². The standard InChI is InChI=1S/C22H26F2N2O/c1-5-7-12-26(25-17(4)6-2)18-13-21(23)20(22(24)14-18)15-27-19-10-8-16(3)9-11-19/h7-14H,5-6,15H2,1-4H3/b12-7-,25-17+.